The maximum Gasteiger partial charge on any atom is 0.257 e. The first kappa shape index (κ1) is 17.3. The molecule has 0 aliphatic heterocycles. The minimum atomic E-state index is 0.101. The van der Waals surface area contributed by atoms with Crippen LogP contribution in [0.15, 0.2) is 28.8 Å². The zero-order chi connectivity index (χ0) is 16.8. The fourth-order valence-electron chi connectivity index (χ4n) is 1.78. The van der Waals surface area contributed by atoms with Crippen LogP contribution in [0, 0.1) is 0 Å². The number of carbonyl (C=O) groups excluding carboxylic acids is 1. The molecular formula is C16H21N3O3S. The van der Waals surface area contributed by atoms with Crippen molar-refractivity contribution in [2.45, 2.75) is 25.6 Å². The molecule has 7 heteroatoms. The molecule has 1 aromatic carbocycles. The molecule has 0 saturated heterocycles. The molecule has 0 aliphatic carbocycles. The zero-order valence-electron chi connectivity index (χ0n) is 13.8. The number of hydrogen-bond donors (Lipinski definition) is 0. The van der Waals surface area contributed by atoms with Gasteiger partial charge in [-0.25, -0.2) is 0 Å². The van der Waals surface area contributed by atoms with Crippen molar-refractivity contribution in [1.29, 1.82) is 0 Å². The molecule has 0 aliphatic rings. The summed E-state index contributed by atoms with van der Waals surface area (Å²) in [7, 11) is 3.43. The number of carbonyl (C=O) groups is 1. The number of hydrogen-bond acceptors (Lipinski definition) is 6. The van der Waals surface area contributed by atoms with E-state index in [1.54, 1.807) is 12.0 Å². The van der Waals surface area contributed by atoms with Crippen molar-refractivity contribution in [2.75, 3.05) is 19.9 Å². The van der Waals surface area contributed by atoms with Crippen LogP contribution in [0.2, 0.25) is 0 Å². The molecule has 1 heterocycles. The second kappa shape index (κ2) is 8.01. The van der Waals surface area contributed by atoms with Crippen LogP contribution in [0.25, 0.3) is 11.5 Å². The summed E-state index contributed by atoms with van der Waals surface area (Å²) in [6.45, 7) is 3.98. The van der Waals surface area contributed by atoms with Gasteiger partial charge in [0.15, 0.2) is 5.82 Å². The van der Waals surface area contributed by atoms with Gasteiger partial charge in [0.05, 0.1) is 18.6 Å². The molecule has 2 aromatic rings. The van der Waals surface area contributed by atoms with Gasteiger partial charge in [-0.15, -0.1) is 11.8 Å². The summed E-state index contributed by atoms with van der Waals surface area (Å²) in [5.41, 5.74) is 0.838. The van der Waals surface area contributed by atoms with E-state index in [9.17, 15) is 4.79 Å². The van der Waals surface area contributed by atoms with E-state index in [0.717, 1.165) is 11.3 Å². The molecule has 0 bridgehead atoms. The first-order chi connectivity index (χ1) is 11.0. The van der Waals surface area contributed by atoms with Gasteiger partial charge >= 0.3 is 0 Å². The maximum absolute atomic E-state index is 11.9. The fourth-order valence-corrected chi connectivity index (χ4v) is 2.56. The van der Waals surface area contributed by atoms with Crippen molar-refractivity contribution in [2.24, 2.45) is 0 Å². The Labute approximate surface area is 140 Å². The standard InChI is InChI=1S/C16H21N3O3S/c1-11(2)19(3)15(20)10-23-9-14-17-16(22-18-14)12-5-7-13(21-4)8-6-12/h5-8,11H,9-10H2,1-4H3. The molecule has 1 aromatic heterocycles. The van der Waals surface area contributed by atoms with Crippen molar-refractivity contribution in [3.63, 3.8) is 0 Å². The van der Waals surface area contributed by atoms with E-state index in [0.29, 0.717) is 23.2 Å². The Morgan fingerprint density at radius 1 is 1.35 bits per heavy atom. The van der Waals surface area contributed by atoms with Crippen LogP contribution in [-0.4, -0.2) is 46.9 Å². The van der Waals surface area contributed by atoms with E-state index < -0.39 is 0 Å². The minimum absolute atomic E-state index is 0.101. The van der Waals surface area contributed by atoms with Gasteiger partial charge in [0.2, 0.25) is 5.91 Å². The Morgan fingerprint density at radius 2 is 2.04 bits per heavy atom. The van der Waals surface area contributed by atoms with Gasteiger partial charge in [-0.1, -0.05) is 5.16 Å². The quantitative estimate of drug-likeness (QED) is 0.775. The summed E-state index contributed by atoms with van der Waals surface area (Å²) in [6, 6.07) is 7.62. The number of rotatable bonds is 7. The van der Waals surface area contributed by atoms with Gasteiger partial charge in [0, 0.05) is 18.7 Å². The van der Waals surface area contributed by atoms with Crippen molar-refractivity contribution in [1.82, 2.24) is 15.0 Å². The lowest BCUT2D eigenvalue weighted by molar-refractivity contribution is -0.128. The SMILES string of the molecule is COc1ccc(-c2nc(CSCC(=O)N(C)C(C)C)no2)cc1. The van der Waals surface area contributed by atoms with E-state index in [-0.39, 0.29) is 11.9 Å². The minimum Gasteiger partial charge on any atom is -0.497 e. The van der Waals surface area contributed by atoms with Crippen LogP contribution in [-0.2, 0) is 10.5 Å². The molecule has 0 radical (unpaired) electrons. The highest BCUT2D eigenvalue weighted by Crippen LogP contribution is 2.21. The molecule has 0 N–H and O–H groups in total. The van der Waals surface area contributed by atoms with Crippen LogP contribution < -0.4 is 4.74 Å². The summed E-state index contributed by atoms with van der Waals surface area (Å²) in [6.07, 6.45) is 0. The van der Waals surface area contributed by atoms with Gasteiger partial charge in [0.1, 0.15) is 5.75 Å². The molecule has 0 saturated carbocycles. The Hall–Kier alpha value is -2.02. The van der Waals surface area contributed by atoms with Gasteiger partial charge in [0.25, 0.3) is 5.89 Å². The lowest BCUT2D eigenvalue weighted by Gasteiger charge is -2.20. The molecule has 124 valence electrons. The summed E-state index contributed by atoms with van der Waals surface area (Å²) < 4.78 is 10.4. The number of nitrogens with zero attached hydrogens (tertiary/aromatic N) is 3. The molecule has 2 rings (SSSR count). The molecule has 6 nitrogen and oxygen atoms in total. The Morgan fingerprint density at radius 3 is 2.65 bits per heavy atom. The van der Waals surface area contributed by atoms with E-state index in [4.69, 9.17) is 9.26 Å². The van der Waals surface area contributed by atoms with E-state index in [1.165, 1.54) is 11.8 Å². The highest BCUT2D eigenvalue weighted by Gasteiger charge is 2.13. The monoisotopic (exact) mass is 335 g/mol. The third kappa shape index (κ3) is 4.72. The van der Waals surface area contributed by atoms with E-state index in [2.05, 4.69) is 10.1 Å². The van der Waals surface area contributed by atoms with E-state index in [1.807, 2.05) is 45.2 Å². The van der Waals surface area contributed by atoms with Gasteiger partial charge in [-0.3, -0.25) is 4.79 Å². The normalized spacial score (nSPS) is 10.8. The largest absolute Gasteiger partial charge is 0.497 e. The van der Waals surface area contributed by atoms with Crippen LogP contribution in [0.4, 0.5) is 0 Å². The Balaban J connectivity index is 1.88. The highest BCUT2D eigenvalue weighted by molar-refractivity contribution is 7.99. The second-order valence-corrected chi connectivity index (χ2v) is 6.32. The number of methoxy groups -OCH3 is 1. The summed E-state index contributed by atoms with van der Waals surface area (Å²) >= 11 is 1.48. The topological polar surface area (TPSA) is 68.5 Å². The highest BCUT2D eigenvalue weighted by atomic mass is 32.2. The van der Waals surface area contributed by atoms with Crippen LogP contribution in [0.1, 0.15) is 19.7 Å². The molecule has 23 heavy (non-hydrogen) atoms. The van der Waals surface area contributed by atoms with Crippen molar-refractivity contribution in [3.8, 4) is 17.2 Å². The Bertz CT molecular complexity index is 640. The number of thioether (sulfide) groups is 1. The molecule has 0 fully saturated rings. The van der Waals surface area contributed by atoms with Crippen LogP contribution in [0.3, 0.4) is 0 Å². The third-order valence-corrected chi connectivity index (χ3v) is 4.34. The third-order valence-electron chi connectivity index (χ3n) is 3.43. The van der Waals surface area contributed by atoms with Crippen LogP contribution in [0.5, 0.6) is 5.75 Å². The van der Waals surface area contributed by atoms with Crippen molar-refractivity contribution >= 4 is 17.7 Å². The zero-order valence-corrected chi connectivity index (χ0v) is 14.6. The number of amides is 1. The van der Waals surface area contributed by atoms with Crippen molar-refractivity contribution in [3.05, 3.63) is 30.1 Å². The van der Waals surface area contributed by atoms with Gasteiger partial charge in [-0.05, 0) is 38.1 Å². The predicted octanol–water partition coefficient (Wildman–Crippen LogP) is 2.85. The number of benzene rings is 1. The second-order valence-electron chi connectivity index (χ2n) is 5.34. The predicted molar refractivity (Wildman–Crippen MR) is 90.4 cm³/mol. The maximum atomic E-state index is 11.9. The first-order valence-corrected chi connectivity index (χ1v) is 8.47. The first-order valence-electron chi connectivity index (χ1n) is 7.31. The molecule has 1 amide bonds. The molecule has 0 atom stereocenters. The summed E-state index contributed by atoms with van der Waals surface area (Å²) in [5, 5.41) is 3.95. The Kier molecular flexibility index (Phi) is 6.04. The lowest BCUT2D eigenvalue weighted by atomic mass is 10.2. The lowest BCUT2D eigenvalue weighted by Crippen LogP contribution is -2.34. The van der Waals surface area contributed by atoms with Crippen LogP contribution >= 0.6 is 11.8 Å². The van der Waals surface area contributed by atoms with Gasteiger partial charge in [-0.2, -0.15) is 4.98 Å². The summed E-state index contributed by atoms with van der Waals surface area (Å²) in [5.74, 6) is 2.87. The number of ether oxygens (including phenoxy) is 1. The average Bonchev–Trinajstić information content (AvgIpc) is 3.02. The van der Waals surface area contributed by atoms with Crippen molar-refractivity contribution < 1.29 is 14.1 Å². The number of aromatic nitrogens is 2. The molecule has 0 spiro atoms. The molecular weight excluding hydrogens is 314 g/mol. The smallest absolute Gasteiger partial charge is 0.257 e. The summed E-state index contributed by atoms with van der Waals surface area (Å²) in [4.78, 5) is 18.0. The average molecular weight is 335 g/mol. The van der Waals surface area contributed by atoms with E-state index >= 15 is 0 Å². The fraction of sp³-hybridized carbons (Fsp3) is 0.438. The van der Waals surface area contributed by atoms with Gasteiger partial charge < -0.3 is 14.2 Å². The molecule has 0 unspecified atom stereocenters.